The van der Waals surface area contributed by atoms with Gasteiger partial charge < -0.3 is 10.1 Å². The standard InChI is InChI=1S/C18H20N2O4/c1-12-4-5-13(2)17(10-12)14(3)19-18(21)11-24-16-8-6-15(7-9-16)20(22)23/h4-10,14H,11H2,1-3H3,(H,19,21). The van der Waals surface area contributed by atoms with Gasteiger partial charge in [0.05, 0.1) is 11.0 Å². The Bertz CT molecular complexity index is 741. The molecule has 2 rings (SSSR count). The van der Waals surface area contributed by atoms with E-state index in [1.54, 1.807) is 0 Å². The molecule has 1 unspecified atom stereocenters. The summed E-state index contributed by atoms with van der Waals surface area (Å²) in [5.41, 5.74) is 3.30. The Balaban J connectivity index is 1.90. The molecular weight excluding hydrogens is 308 g/mol. The average molecular weight is 328 g/mol. The molecule has 0 heterocycles. The summed E-state index contributed by atoms with van der Waals surface area (Å²) in [6.45, 7) is 5.79. The molecule has 0 bridgehead atoms. The molecule has 1 N–H and O–H groups in total. The Kier molecular flexibility index (Phi) is 5.52. The molecule has 1 atom stereocenters. The van der Waals surface area contributed by atoms with Crippen LogP contribution in [0.2, 0.25) is 0 Å². The first-order valence-corrected chi connectivity index (χ1v) is 7.60. The highest BCUT2D eigenvalue weighted by Gasteiger charge is 2.13. The third-order valence-corrected chi connectivity index (χ3v) is 3.70. The number of carbonyl (C=O) groups excluding carboxylic acids is 1. The van der Waals surface area contributed by atoms with E-state index in [1.807, 2.05) is 32.9 Å². The highest BCUT2D eigenvalue weighted by Crippen LogP contribution is 2.19. The van der Waals surface area contributed by atoms with E-state index in [2.05, 4.69) is 11.4 Å². The van der Waals surface area contributed by atoms with Crippen molar-refractivity contribution < 1.29 is 14.5 Å². The lowest BCUT2D eigenvalue weighted by atomic mass is 10.00. The highest BCUT2D eigenvalue weighted by molar-refractivity contribution is 5.78. The maximum atomic E-state index is 12.0. The zero-order valence-electron chi connectivity index (χ0n) is 13.9. The zero-order chi connectivity index (χ0) is 17.7. The number of nitro groups is 1. The number of hydrogen-bond donors (Lipinski definition) is 1. The van der Waals surface area contributed by atoms with Gasteiger partial charge in [0.25, 0.3) is 11.6 Å². The summed E-state index contributed by atoms with van der Waals surface area (Å²) < 4.78 is 5.36. The number of nitro benzene ring substituents is 1. The first kappa shape index (κ1) is 17.5. The predicted octanol–water partition coefficient (Wildman–Crippen LogP) is 3.47. The van der Waals surface area contributed by atoms with E-state index in [9.17, 15) is 14.9 Å². The molecule has 0 aromatic heterocycles. The molecule has 126 valence electrons. The van der Waals surface area contributed by atoms with Crippen molar-refractivity contribution in [1.29, 1.82) is 0 Å². The molecule has 0 aliphatic rings. The fraction of sp³-hybridized carbons (Fsp3) is 0.278. The van der Waals surface area contributed by atoms with Crippen LogP contribution in [0.3, 0.4) is 0 Å². The third-order valence-electron chi connectivity index (χ3n) is 3.70. The fourth-order valence-corrected chi connectivity index (χ4v) is 2.40. The molecule has 0 radical (unpaired) electrons. The topological polar surface area (TPSA) is 81.5 Å². The number of amides is 1. The number of nitrogens with zero attached hydrogens (tertiary/aromatic N) is 1. The van der Waals surface area contributed by atoms with E-state index in [4.69, 9.17) is 4.74 Å². The second-order valence-corrected chi connectivity index (χ2v) is 5.69. The van der Waals surface area contributed by atoms with Crippen molar-refractivity contribution in [1.82, 2.24) is 5.32 Å². The molecule has 0 fully saturated rings. The first-order valence-electron chi connectivity index (χ1n) is 7.60. The summed E-state index contributed by atoms with van der Waals surface area (Å²) in [6, 6.07) is 11.6. The van der Waals surface area contributed by atoms with Gasteiger partial charge in [0.15, 0.2) is 6.61 Å². The lowest BCUT2D eigenvalue weighted by Crippen LogP contribution is -2.31. The molecule has 0 aliphatic heterocycles. The van der Waals surface area contributed by atoms with Crippen LogP contribution in [-0.2, 0) is 4.79 Å². The molecular formula is C18H20N2O4. The van der Waals surface area contributed by atoms with Crippen LogP contribution < -0.4 is 10.1 Å². The van der Waals surface area contributed by atoms with Crippen molar-refractivity contribution in [3.05, 3.63) is 69.3 Å². The Morgan fingerprint density at radius 1 is 1.21 bits per heavy atom. The molecule has 1 amide bonds. The number of hydrogen-bond acceptors (Lipinski definition) is 4. The van der Waals surface area contributed by atoms with Crippen LogP contribution in [0.4, 0.5) is 5.69 Å². The minimum atomic E-state index is -0.484. The van der Waals surface area contributed by atoms with Crippen molar-refractivity contribution in [2.24, 2.45) is 0 Å². The number of ether oxygens (including phenoxy) is 1. The fourth-order valence-electron chi connectivity index (χ4n) is 2.40. The van der Waals surface area contributed by atoms with Crippen molar-refractivity contribution in [3.63, 3.8) is 0 Å². The third kappa shape index (κ3) is 4.55. The minimum Gasteiger partial charge on any atom is -0.484 e. The summed E-state index contributed by atoms with van der Waals surface area (Å²) in [4.78, 5) is 22.1. The van der Waals surface area contributed by atoms with Gasteiger partial charge in [-0.2, -0.15) is 0 Å². The van der Waals surface area contributed by atoms with Crippen LogP contribution in [0, 0.1) is 24.0 Å². The number of non-ortho nitro benzene ring substituents is 1. The van der Waals surface area contributed by atoms with Gasteiger partial charge in [0, 0.05) is 12.1 Å². The van der Waals surface area contributed by atoms with Crippen LogP contribution in [0.25, 0.3) is 0 Å². The average Bonchev–Trinajstić information content (AvgIpc) is 2.55. The second kappa shape index (κ2) is 7.59. The summed E-state index contributed by atoms with van der Waals surface area (Å²) in [5.74, 6) is 0.164. The van der Waals surface area contributed by atoms with Gasteiger partial charge in [-0.3, -0.25) is 14.9 Å². The lowest BCUT2D eigenvalue weighted by molar-refractivity contribution is -0.384. The summed E-state index contributed by atoms with van der Waals surface area (Å²) in [5, 5.41) is 13.5. The molecule has 2 aromatic carbocycles. The van der Waals surface area contributed by atoms with E-state index in [-0.39, 0.29) is 24.2 Å². The zero-order valence-corrected chi connectivity index (χ0v) is 13.9. The van der Waals surface area contributed by atoms with Crippen LogP contribution in [0.15, 0.2) is 42.5 Å². The minimum absolute atomic E-state index is 0.0182. The predicted molar refractivity (Wildman–Crippen MR) is 91.1 cm³/mol. The van der Waals surface area contributed by atoms with E-state index < -0.39 is 4.92 Å². The highest BCUT2D eigenvalue weighted by atomic mass is 16.6. The number of aryl methyl sites for hydroxylation is 2. The van der Waals surface area contributed by atoms with Crippen molar-refractivity contribution >= 4 is 11.6 Å². The van der Waals surface area contributed by atoms with E-state index in [1.165, 1.54) is 24.3 Å². The largest absolute Gasteiger partial charge is 0.484 e. The summed E-state index contributed by atoms with van der Waals surface area (Å²) in [7, 11) is 0. The van der Waals surface area contributed by atoms with Crippen LogP contribution >= 0.6 is 0 Å². The number of benzene rings is 2. The van der Waals surface area contributed by atoms with Crippen LogP contribution in [0.1, 0.15) is 29.7 Å². The number of nitrogens with one attached hydrogen (secondary N) is 1. The lowest BCUT2D eigenvalue weighted by Gasteiger charge is -2.17. The molecule has 0 aliphatic carbocycles. The van der Waals surface area contributed by atoms with Gasteiger partial charge in [-0.25, -0.2) is 0 Å². The molecule has 6 nitrogen and oxygen atoms in total. The van der Waals surface area contributed by atoms with Crippen molar-refractivity contribution in [2.75, 3.05) is 6.61 Å². The van der Waals surface area contributed by atoms with Gasteiger partial charge in [-0.15, -0.1) is 0 Å². The Morgan fingerprint density at radius 2 is 1.88 bits per heavy atom. The first-order chi connectivity index (χ1) is 11.4. The molecule has 0 spiro atoms. The van der Waals surface area contributed by atoms with Gasteiger partial charge in [0.1, 0.15) is 5.75 Å². The Labute approximate surface area is 140 Å². The molecule has 0 saturated carbocycles. The van der Waals surface area contributed by atoms with Crippen LogP contribution in [0.5, 0.6) is 5.75 Å². The normalized spacial score (nSPS) is 11.6. The van der Waals surface area contributed by atoms with Gasteiger partial charge in [-0.1, -0.05) is 23.8 Å². The quantitative estimate of drug-likeness (QED) is 0.650. The van der Waals surface area contributed by atoms with E-state index in [0.717, 1.165) is 16.7 Å². The van der Waals surface area contributed by atoms with Gasteiger partial charge >= 0.3 is 0 Å². The smallest absolute Gasteiger partial charge is 0.269 e. The molecule has 24 heavy (non-hydrogen) atoms. The van der Waals surface area contributed by atoms with Crippen LogP contribution in [-0.4, -0.2) is 17.4 Å². The second-order valence-electron chi connectivity index (χ2n) is 5.69. The van der Waals surface area contributed by atoms with Gasteiger partial charge in [0.2, 0.25) is 0 Å². The Morgan fingerprint density at radius 3 is 2.50 bits per heavy atom. The summed E-state index contributed by atoms with van der Waals surface area (Å²) in [6.07, 6.45) is 0. The number of rotatable bonds is 6. The maximum absolute atomic E-state index is 12.0. The molecule has 0 saturated heterocycles. The monoisotopic (exact) mass is 328 g/mol. The van der Waals surface area contributed by atoms with Gasteiger partial charge in [-0.05, 0) is 44.0 Å². The van der Waals surface area contributed by atoms with Crippen molar-refractivity contribution in [2.45, 2.75) is 26.8 Å². The summed E-state index contributed by atoms with van der Waals surface area (Å²) >= 11 is 0. The molecule has 2 aromatic rings. The number of carbonyl (C=O) groups is 1. The maximum Gasteiger partial charge on any atom is 0.269 e. The SMILES string of the molecule is Cc1ccc(C)c(C(C)NC(=O)COc2ccc([N+](=O)[O-])cc2)c1. The Hall–Kier alpha value is -2.89. The van der Waals surface area contributed by atoms with E-state index in [0.29, 0.717) is 5.75 Å². The molecule has 6 heteroatoms. The van der Waals surface area contributed by atoms with Crippen molar-refractivity contribution in [3.8, 4) is 5.75 Å². The van der Waals surface area contributed by atoms with E-state index >= 15 is 0 Å².